The van der Waals surface area contributed by atoms with E-state index in [0.717, 1.165) is 18.1 Å². The first kappa shape index (κ1) is 16.3. The van der Waals surface area contributed by atoms with Crippen LogP contribution in [0, 0.1) is 0 Å². The van der Waals surface area contributed by atoms with Gasteiger partial charge in [-0.05, 0) is 71.2 Å². The molecule has 2 fully saturated rings. The second-order valence-electron chi connectivity index (χ2n) is 6.63. The van der Waals surface area contributed by atoms with Crippen LogP contribution in [0.1, 0.15) is 59.3 Å². The molecule has 0 aromatic heterocycles. The van der Waals surface area contributed by atoms with Crippen molar-refractivity contribution in [3.05, 3.63) is 0 Å². The Kier molecular flexibility index (Phi) is 6.79. The van der Waals surface area contributed by atoms with Crippen LogP contribution in [-0.4, -0.2) is 60.6 Å². The van der Waals surface area contributed by atoms with Gasteiger partial charge in [0.15, 0.2) is 0 Å². The van der Waals surface area contributed by atoms with Gasteiger partial charge in [0.2, 0.25) is 0 Å². The molecule has 2 saturated heterocycles. The summed E-state index contributed by atoms with van der Waals surface area (Å²) in [5.41, 5.74) is 0. The van der Waals surface area contributed by atoms with Crippen LogP contribution in [0.4, 0.5) is 0 Å². The van der Waals surface area contributed by atoms with Crippen LogP contribution >= 0.6 is 0 Å². The van der Waals surface area contributed by atoms with Crippen molar-refractivity contribution in [2.45, 2.75) is 77.4 Å². The summed E-state index contributed by atoms with van der Waals surface area (Å²) in [7, 11) is 0. The highest BCUT2D eigenvalue weighted by Gasteiger charge is 2.39. The predicted octanol–water partition coefficient (Wildman–Crippen LogP) is 2.71. The van der Waals surface area contributed by atoms with E-state index in [1.165, 1.54) is 71.2 Å². The van der Waals surface area contributed by atoms with Crippen molar-refractivity contribution >= 4 is 0 Å². The maximum absolute atomic E-state index is 3.75. The summed E-state index contributed by atoms with van der Waals surface area (Å²) in [4.78, 5) is 5.39. The first-order valence-corrected chi connectivity index (χ1v) is 8.99. The van der Waals surface area contributed by atoms with Crippen LogP contribution in [0.2, 0.25) is 0 Å². The zero-order valence-corrected chi connectivity index (χ0v) is 13.9. The fourth-order valence-electron chi connectivity index (χ4n) is 4.17. The zero-order chi connectivity index (χ0) is 14.4. The monoisotopic (exact) mass is 281 g/mol. The molecule has 3 heteroatoms. The van der Waals surface area contributed by atoms with E-state index in [-0.39, 0.29) is 0 Å². The summed E-state index contributed by atoms with van der Waals surface area (Å²) in [6, 6.07) is 2.55. The van der Waals surface area contributed by atoms with Gasteiger partial charge in [-0.3, -0.25) is 4.90 Å². The van der Waals surface area contributed by atoms with Gasteiger partial charge in [-0.1, -0.05) is 20.8 Å². The van der Waals surface area contributed by atoms with Gasteiger partial charge in [0.1, 0.15) is 0 Å². The molecule has 118 valence electrons. The lowest BCUT2D eigenvalue weighted by molar-refractivity contribution is 0.110. The molecule has 0 saturated carbocycles. The van der Waals surface area contributed by atoms with E-state index in [9.17, 15) is 0 Å². The third-order valence-electron chi connectivity index (χ3n) is 5.35. The average molecular weight is 281 g/mol. The molecule has 2 aliphatic heterocycles. The highest BCUT2D eigenvalue weighted by molar-refractivity contribution is 4.97. The summed E-state index contributed by atoms with van der Waals surface area (Å²) in [6.45, 7) is 13.0. The smallest absolute Gasteiger partial charge is 0.0114 e. The van der Waals surface area contributed by atoms with E-state index in [1.807, 2.05) is 0 Å². The Labute approximate surface area is 126 Å². The van der Waals surface area contributed by atoms with Crippen molar-refractivity contribution in [1.29, 1.82) is 0 Å². The average Bonchev–Trinajstić information content (AvgIpc) is 2.71. The fraction of sp³-hybridized carbons (Fsp3) is 1.00. The van der Waals surface area contributed by atoms with Crippen molar-refractivity contribution in [2.75, 3.05) is 32.7 Å². The van der Waals surface area contributed by atoms with E-state index >= 15 is 0 Å². The Balaban J connectivity index is 1.72. The summed E-state index contributed by atoms with van der Waals surface area (Å²) >= 11 is 0. The molecule has 0 amide bonds. The Morgan fingerprint density at radius 1 is 1.05 bits per heavy atom. The van der Waals surface area contributed by atoms with E-state index in [0.29, 0.717) is 0 Å². The molecule has 2 atom stereocenters. The molecular weight excluding hydrogens is 246 g/mol. The van der Waals surface area contributed by atoms with Crippen LogP contribution in [0.3, 0.4) is 0 Å². The minimum Gasteiger partial charge on any atom is -0.314 e. The van der Waals surface area contributed by atoms with Gasteiger partial charge in [0, 0.05) is 18.1 Å². The van der Waals surface area contributed by atoms with Crippen LogP contribution in [-0.2, 0) is 0 Å². The molecule has 0 spiro atoms. The molecule has 2 rings (SSSR count). The van der Waals surface area contributed by atoms with Gasteiger partial charge in [-0.2, -0.15) is 0 Å². The van der Waals surface area contributed by atoms with Gasteiger partial charge >= 0.3 is 0 Å². The van der Waals surface area contributed by atoms with Crippen molar-refractivity contribution in [3.8, 4) is 0 Å². The molecule has 3 nitrogen and oxygen atoms in total. The molecule has 0 radical (unpaired) electrons. The van der Waals surface area contributed by atoms with Gasteiger partial charge in [0.05, 0.1) is 0 Å². The number of hydrogen-bond donors (Lipinski definition) is 1. The first-order chi connectivity index (χ1) is 9.78. The SMILES string of the molecule is CCCNC1CC2CCC(C1)N2CCCN(CC)CC. The summed E-state index contributed by atoms with van der Waals surface area (Å²) in [5, 5.41) is 3.75. The molecule has 20 heavy (non-hydrogen) atoms. The van der Waals surface area contributed by atoms with Gasteiger partial charge < -0.3 is 10.2 Å². The van der Waals surface area contributed by atoms with E-state index in [1.54, 1.807) is 0 Å². The molecule has 2 aliphatic rings. The van der Waals surface area contributed by atoms with Crippen molar-refractivity contribution < 1.29 is 0 Å². The highest BCUT2D eigenvalue weighted by atomic mass is 15.2. The minimum absolute atomic E-state index is 0.798. The topological polar surface area (TPSA) is 18.5 Å². The van der Waals surface area contributed by atoms with Crippen LogP contribution in [0.25, 0.3) is 0 Å². The molecule has 0 aromatic rings. The highest BCUT2D eigenvalue weighted by Crippen LogP contribution is 2.35. The number of rotatable bonds is 9. The molecule has 0 aromatic carbocycles. The lowest BCUT2D eigenvalue weighted by Crippen LogP contribution is -2.49. The number of nitrogens with zero attached hydrogens (tertiary/aromatic N) is 2. The Morgan fingerprint density at radius 2 is 1.70 bits per heavy atom. The zero-order valence-electron chi connectivity index (χ0n) is 13.9. The summed E-state index contributed by atoms with van der Waals surface area (Å²) < 4.78 is 0. The van der Waals surface area contributed by atoms with Gasteiger partial charge in [-0.25, -0.2) is 0 Å². The summed E-state index contributed by atoms with van der Waals surface area (Å²) in [6.07, 6.45) is 8.28. The maximum atomic E-state index is 3.75. The Morgan fingerprint density at radius 3 is 2.25 bits per heavy atom. The van der Waals surface area contributed by atoms with Gasteiger partial charge in [0.25, 0.3) is 0 Å². The van der Waals surface area contributed by atoms with E-state index in [2.05, 4.69) is 35.9 Å². The fourth-order valence-corrected chi connectivity index (χ4v) is 4.17. The van der Waals surface area contributed by atoms with E-state index in [4.69, 9.17) is 0 Å². The number of nitrogens with one attached hydrogen (secondary N) is 1. The number of fused-ring (bicyclic) bond motifs is 2. The van der Waals surface area contributed by atoms with Crippen molar-refractivity contribution in [1.82, 2.24) is 15.1 Å². The molecule has 0 aliphatic carbocycles. The van der Waals surface area contributed by atoms with Crippen LogP contribution < -0.4 is 5.32 Å². The van der Waals surface area contributed by atoms with Crippen LogP contribution in [0.5, 0.6) is 0 Å². The number of hydrogen-bond acceptors (Lipinski definition) is 3. The minimum atomic E-state index is 0.798. The second kappa shape index (κ2) is 8.35. The molecule has 2 unspecified atom stereocenters. The van der Waals surface area contributed by atoms with Crippen LogP contribution in [0.15, 0.2) is 0 Å². The molecule has 2 bridgehead atoms. The molecular formula is C17H35N3. The molecule has 2 heterocycles. The number of piperidine rings is 1. The quantitative estimate of drug-likeness (QED) is 0.701. The third kappa shape index (κ3) is 4.19. The summed E-state index contributed by atoms with van der Waals surface area (Å²) in [5.74, 6) is 0. The van der Waals surface area contributed by atoms with Crippen molar-refractivity contribution in [3.63, 3.8) is 0 Å². The third-order valence-corrected chi connectivity index (χ3v) is 5.35. The predicted molar refractivity (Wildman–Crippen MR) is 87.2 cm³/mol. The Hall–Kier alpha value is -0.120. The normalized spacial score (nSPS) is 30.3. The second-order valence-corrected chi connectivity index (χ2v) is 6.63. The van der Waals surface area contributed by atoms with E-state index < -0.39 is 0 Å². The lowest BCUT2D eigenvalue weighted by Gasteiger charge is -2.39. The Bertz CT molecular complexity index is 251. The first-order valence-electron chi connectivity index (χ1n) is 8.99. The van der Waals surface area contributed by atoms with Crippen molar-refractivity contribution in [2.24, 2.45) is 0 Å². The van der Waals surface area contributed by atoms with Gasteiger partial charge in [-0.15, -0.1) is 0 Å². The maximum Gasteiger partial charge on any atom is 0.0114 e. The lowest BCUT2D eigenvalue weighted by atomic mass is 9.97. The largest absolute Gasteiger partial charge is 0.314 e. The molecule has 1 N–H and O–H groups in total. The standard InChI is InChI=1S/C17H35N3/c1-4-10-18-15-13-16-8-9-17(14-15)20(16)12-7-11-19(5-2)6-3/h15-18H,4-14H2,1-3H3.